The van der Waals surface area contributed by atoms with Crippen molar-refractivity contribution in [2.75, 3.05) is 37.4 Å². The van der Waals surface area contributed by atoms with Gasteiger partial charge in [-0.25, -0.2) is 4.98 Å². The molecule has 0 radical (unpaired) electrons. The summed E-state index contributed by atoms with van der Waals surface area (Å²) in [5.41, 5.74) is 8.75. The van der Waals surface area contributed by atoms with Crippen LogP contribution in [0.2, 0.25) is 0 Å². The molecule has 0 bridgehead atoms. The first-order chi connectivity index (χ1) is 19.6. The predicted molar refractivity (Wildman–Crippen MR) is 168 cm³/mol. The van der Waals surface area contributed by atoms with Crippen LogP contribution in [0.5, 0.6) is 0 Å². The first kappa shape index (κ1) is 38.9. The Morgan fingerprint density at radius 3 is 2.40 bits per heavy atom. The largest absolute Gasteiger partial charge is 0.410 e. The number of terminal acetylenes is 1. The number of hydrogen-bond acceptors (Lipinski definition) is 9. The number of aliphatic hydroxyl groups is 1. The summed E-state index contributed by atoms with van der Waals surface area (Å²) >= 11 is 3.31. The SMILES string of the molecule is C#C.C=NC(=C\SCNc1ccc(C)cn1)/C(SC(C)(C)C)=C(\C)N.O=CN1CCN(C(=O)CCO)CC1C(F)(F)F. The van der Waals surface area contributed by atoms with Crippen molar-refractivity contribution in [2.45, 2.75) is 58.0 Å². The van der Waals surface area contributed by atoms with Gasteiger partial charge in [0.25, 0.3) is 0 Å². The molecular weight excluding hydrogens is 589 g/mol. The van der Waals surface area contributed by atoms with E-state index in [0.29, 0.717) is 10.8 Å². The number of aliphatic hydroxyl groups excluding tert-OH is 1. The summed E-state index contributed by atoms with van der Waals surface area (Å²) in [5.74, 6) is 1.03. The summed E-state index contributed by atoms with van der Waals surface area (Å²) in [7, 11) is 0. The fourth-order valence-electron chi connectivity index (χ4n) is 3.31. The highest BCUT2D eigenvalue weighted by molar-refractivity contribution is 8.05. The van der Waals surface area contributed by atoms with Gasteiger partial charge in [0.1, 0.15) is 11.9 Å². The van der Waals surface area contributed by atoms with Crippen molar-refractivity contribution in [1.82, 2.24) is 14.8 Å². The molecule has 0 saturated carbocycles. The normalized spacial score (nSPS) is 16.2. The molecule has 42 heavy (non-hydrogen) atoms. The highest BCUT2D eigenvalue weighted by Crippen LogP contribution is 2.37. The van der Waals surface area contributed by atoms with Gasteiger partial charge < -0.3 is 26.0 Å². The summed E-state index contributed by atoms with van der Waals surface area (Å²) < 4.78 is 37.9. The quantitative estimate of drug-likeness (QED) is 0.0856. The number of allylic oxidation sites excluding steroid dienone is 1. The van der Waals surface area contributed by atoms with Crippen LogP contribution in [0, 0.1) is 19.8 Å². The number of anilines is 1. The number of alkyl halides is 3. The Hall–Kier alpha value is -3.15. The maximum absolute atomic E-state index is 12.6. The summed E-state index contributed by atoms with van der Waals surface area (Å²) in [4.78, 5) is 33.0. The van der Waals surface area contributed by atoms with Crippen molar-refractivity contribution in [3.8, 4) is 12.8 Å². The molecule has 0 spiro atoms. The third-order valence-corrected chi connectivity index (χ3v) is 7.27. The lowest BCUT2D eigenvalue weighted by molar-refractivity contribution is -0.197. The Bertz CT molecular complexity index is 1080. The van der Waals surface area contributed by atoms with Gasteiger partial charge in [-0.3, -0.25) is 14.6 Å². The second kappa shape index (κ2) is 19.1. The fraction of sp³-hybridized carbons (Fsp3) is 0.500. The van der Waals surface area contributed by atoms with Gasteiger partial charge in [0.2, 0.25) is 12.3 Å². The molecule has 0 aliphatic carbocycles. The second-order valence-electron chi connectivity index (χ2n) is 9.81. The van der Waals surface area contributed by atoms with Crippen LogP contribution in [0.25, 0.3) is 0 Å². The number of halogens is 3. The second-order valence-corrected chi connectivity index (χ2v) is 12.5. The van der Waals surface area contributed by atoms with Crippen LogP contribution in [0.4, 0.5) is 19.0 Å². The molecule has 14 heteroatoms. The number of carbonyl (C=O) groups is 2. The van der Waals surface area contributed by atoms with E-state index in [2.05, 4.69) is 55.6 Å². The van der Waals surface area contributed by atoms with E-state index in [9.17, 15) is 22.8 Å². The minimum atomic E-state index is -4.56. The van der Waals surface area contributed by atoms with E-state index in [0.717, 1.165) is 32.6 Å². The third-order valence-electron chi connectivity index (χ3n) is 5.23. The number of nitrogens with two attached hydrogens (primary N) is 1. The first-order valence-electron chi connectivity index (χ1n) is 12.7. The number of aliphatic imine (C=N–C) groups is 1. The van der Waals surface area contributed by atoms with Crippen LogP contribution >= 0.6 is 23.5 Å². The predicted octanol–water partition coefficient (Wildman–Crippen LogP) is 4.61. The van der Waals surface area contributed by atoms with Gasteiger partial charge in [-0.2, -0.15) is 13.2 Å². The Morgan fingerprint density at radius 1 is 1.31 bits per heavy atom. The van der Waals surface area contributed by atoms with Crippen molar-refractivity contribution in [1.29, 1.82) is 0 Å². The van der Waals surface area contributed by atoms with Gasteiger partial charge in [-0.1, -0.05) is 26.8 Å². The van der Waals surface area contributed by atoms with Gasteiger partial charge in [-0.05, 0) is 37.6 Å². The van der Waals surface area contributed by atoms with Crippen molar-refractivity contribution < 1.29 is 27.9 Å². The molecule has 2 heterocycles. The number of amides is 2. The van der Waals surface area contributed by atoms with Crippen molar-refractivity contribution in [3.05, 3.63) is 45.6 Å². The smallest absolute Gasteiger partial charge is 0.401 e. The van der Waals surface area contributed by atoms with E-state index in [1.807, 2.05) is 37.6 Å². The van der Waals surface area contributed by atoms with Crippen LogP contribution in [-0.2, 0) is 9.59 Å². The van der Waals surface area contributed by atoms with Crippen molar-refractivity contribution >= 4 is 48.4 Å². The maximum Gasteiger partial charge on any atom is 0.410 e. The van der Waals surface area contributed by atoms with Crippen LogP contribution in [-0.4, -0.2) is 88.0 Å². The topological polar surface area (TPSA) is 124 Å². The molecule has 1 atom stereocenters. The Labute approximate surface area is 255 Å². The van der Waals surface area contributed by atoms with E-state index in [4.69, 9.17) is 10.8 Å². The van der Waals surface area contributed by atoms with Gasteiger partial charge in [0, 0.05) is 42.7 Å². The number of hydrogen-bond donors (Lipinski definition) is 3. The third kappa shape index (κ3) is 14.7. The lowest BCUT2D eigenvalue weighted by atomic mass is 10.1. The molecule has 4 N–H and O–H groups in total. The zero-order chi connectivity index (χ0) is 32.5. The average molecular weight is 631 g/mol. The number of aryl methyl sites for hydroxylation is 1. The minimum Gasteiger partial charge on any atom is -0.401 e. The molecule has 1 unspecified atom stereocenters. The number of thioether (sulfide) groups is 2. The molecular formula is C28H41F3N6O3S2. The van der Waals surface area contributed by atoms with E-state index in [-0.39, 0.29) is 30.7 Å². The van der Waals surface area contributed by atoms with Gasteiger partial charge in [-0.15, -0.1) is 36.4 Å². The lowest BCUT2D eigenvalue weighted by Crippen LogP contribution is -2.59. The molecule has 0 aromatic carbocycles. The van der Waals surface area contributed by atoms with E-state index < -0.39 is 31.3 Å². The Balaban J connectivity index is 0.000000785. The molecule has 1 aliphatic rings. The standard InChI is InChI=1S/C17H26N4S2.C9H13F3N2O3.C2H2/c1-12-7-8-15(20-9-12)21-11-22-10-14(19-6)16(13(2)18)23-17(3,4)5;10-9(11,12)7-5-13(8(17)1-4-15)2-3-14(7)6-16;1-2/h7-10H,6,11,18H2,1-5H3,(H,20,21);6-7,15H,1-5H2;1-2H/b14-10-,16-13-;;. The highest BCUT2D eigenvalue weighted by Gasteiger charge is 2.46. The van der Waals surface area contributed by atoms with E-state index in [1.54, 1.807) is 23.5 Å². The van der Waals surface area contributed by atoms with Crippen LogP contribution < -0.4 is 11.1 Å². The fourth-order valence-corrected chi connectivity index (χ4v) is 5.05. The van der Waals surface area contributed by atoms with Crippen molar-refractivity contribution in [3.63, 3.8) is 0 Å². The van der Waals surface area contributed by atoms with Crippen LogP contribution in [0.3, 0.4) is 0 Å². The molecule has 2 amide bonds. The maximum atomic E-state index is 12.6. The average Bonchev–Trinajstić information content (AvgIpc) is 2.93. The number of nitrogens with zero attached hydrogens (tertiary/aromatic N) is 4. The lowest BCUT2D eigenvalue weighted by Gasteiger charge is -2.40. The van der Waals surface area contributed by atoms with Crippen LogP contribution in [0.1, 0.15) is 39.7 Å². The molecule has 234 valence electrons. The number of aromatic nitrogens is 1. The molecule has 1 fully saturated rings. The number of rotatable bonds is 10. The van der Waals surface area contributed by atoms with Gasteiger partial charge >= 0.3 is 6.18 Å². The molecule has 1 saturated heterocycles. The Morgan fingerprint density at radius 2 is 1.95 bits per heavy atom. The Kier molecular flexibility index (Phi) is 17.7. The number of carbonyl (C=O) groups excluding carboxylic acids is 2. The van der Waals surface area contributed by atoms with Gasteiger partial charge in [0.15, 0.2) is 0 Å². The summed E-state index contributed by atoms with van der Waals surface area (Å²) in [6, 6.07) is 2.04. The zero-order valence-electron chi connectivity index (χ0n) is 24.6. The summed E-state index contributed by atoms with van der Waals surface area (Å²) in [6.45, 7) is 13.0. The number of piperazine rings is 1. The first-order valence-corrected chi connectivity index (χ1v) is 14.6. The van der Waals surface area contributed by atoms with E-state index in [1.165, 1.54) is 0 Å². The molecule has 1 aromatic rings. The molecule has 9 nitrogen and oxygen atoms in total. The minimum absolute atomic E-state index is 0.0597. The molecule has 2 rings (SSSR count). The van der Waals surface area contributed by atoms with E-state index >= 15 is 0 Å². The summed E-state index contributed by atoms with van der Waals surface area (Å²) in [6.07, 6.45) is 5.23. The molecule has 1 aliphatic heterocycles. The molecule has 1 aromatic heterocycles. The van der Waals surface area contributed by atoms with Crippen LogP contribution in [0.15, 0.2) is 45.0 Å². The van der Waals surface area contributed by atoms with Gasteiger partial charge in [0.05, 0.1) is 23.1 Å². The summed E-state index contributed by atoms with van der Waals surface area (Å²) in [5, 5.41) is 13.8. The van der Waals surface area contributed by atoms with Crippen molar-refractivity contribution in [2.24, 2.45) is 10.7 Å². The zero-order valence-corrected chi connectivity index (χ0v) is 26.3. The highest BCUT2D eigenvalue weighted by atomic mass is 32.2. The number of pyridine rings is 1. The monoisotopic (exact) mass is 630 g/mol. The number of nitrogens with one attached hydrogen (secondary N) is 1.